The second-order valence-corrected chi connectivity index (χ2v) is 5.98. The molecule has 4 heteroatoms. The molecule has 1 aliphatic rings. The van der Waals surface area contributed by atoms with Gasteiger partial charge in [0.2, 0.25) is 0 Å². The minimum atomic E-state index is 0.497. The Morgan fingerprint density at radius 3 is 2.37 bits per heavy atom. The zero-order valence-corrected chi connectivity index (χ0v) is 12.7. The van der Waals surface area contributed by atoms with Gasteiger partial charge in [-0.2, -0.15) is 0 Å². The molecule has 0 amide bonds. The van der Waals surface area contributed by atoms with Gasteiger partial charge >= 0.3 is 0 Å². The number of piperidine rings is 1. The molecule has 0 spiro atoms. The number of rotatable bonds is 3. The molecule has 1 saturated heterocycles. The molecule has 1 aliphatic heterocycles. The highest BCUT2D eigenvalue weighted by Gasteiger charge is 2.29. The van der Waals surface area contributed by atoms with E-state index in [-0.39, 0.29) is 0 Å². The van der Waals surface area contributed by atoms with E-state index in [0.29, 0.717) is 11.2 Å². The first-order valence-corrected chi connectivity index (χ1v) is 7.37. The van der Waals surface area contributed by atoms with Gasteiger partial charge in [0.15, 0.2) is 0 Å². The highest BCUT2D eigenvalue weighted by molar-refractivity contribution is 5.56. The summed E-state index contributed by atoms with van der Waals surface area (Å²) in [6.07, 6.45) is 4.55. The zero-order chi connectivity index (χ0) is 14.0. The van der Waals surface area contributed by atoms with E-state index >= 15 is 0 Å². The molecule has 1 aromatic rings. The fourth-order valence-corrected chi connectivity index (χ4v) is 2.65. The topological polar surface area (TPSA) is 55.0 Å². The second-order valence-electron chi connectivity index (χ2n) is 5.98. The molecule has 0 radical (unpaired) electrons. The van der Waals surface area contributed by atoms with Gasteiger partial charge in [-0.05, 0) is 25.2 Å². The van der Waals surface area contributed by atoms with Gasteiger partial charge in [0.1, 0.15) is 17.5 Å². The number of anilines is 2. The van der Waals surface area contributed by atoms with Crippen LogP contribution in [0.1, 0.15) is 51.4 Å². The molecule has 2 rings (SSSR count). The summed E-state index contributed by atoms with van der Waals surface area (Å²) in [7, 11) is 0. The van der Waals surface area contributed by atoms with Crippen molar-refractivity contribution in [2.45, 2.75) is 53.4 Å². The van der Waals surface area contributed by atoms with Crippen molar-refractivity contribution in [3.8, 4) is 0 Å². The molecule has 1 fully saturated rings. The van der Waals surface area contributed by atoms with Gasteiger partial charge in [0, 0.05) is 25.1 Å². The molecule has 0 aromatic carbocycles. The van der Waals surface area contributed by atoms with E-state index in [9.17, 15) is 0 Å². The van der Waals surface area contributed by atoms with Crippen molar-refractivity contribution in [1.29, 1.82) is 0 Å². The predicted octanol–water partition coefficient (Wildman–Crippen LogP) is 2.95. The minimum absolute atomic E-state index is 0.497. The number of hydrogen-bond acceptors (Lipinski definition) is 4. The number of aromatic nitrogens is 2. The first-order chi connectivity index (χ1) is 8.99. The van der Waals surface area contributed by atoms with Gasteiger partial charge in [-0.3, -0.25) is 0 Å². The van der Waals surface area contributed by atoms with Crippen molar-refractivity contribution in [1.82, 2.24) is 9.97 Å². The molecule has 0 saturated carbocycles. The molecule has 2 heterocycles. The van der Waals surface area contributed by atoms with Gasteiger partial charge < -0.3 is 10.6 Å². The molecular formula is C15H26N4. The summed E-state index contributed by atoms with van der Waals surface area (Å²) < 4.78 is 0. The maximum absolute atomic E-state index is 6.01. The van der Waals surface area contributed by atoms with Gasteiger partial charge in [-0.1, -0.05) is 27.2 Å². The Balaban J connectivity index is 2.22. The van der Waals surface area contributed by atoms with Crippen LogP contribution in [0, 0.1) is 12.3 Å². The molecule has 0 bridgehead atoms. The molecular weight excluding hydrogens is 236 g/mol. The van der Waals surface area contributed by atoms with Crippen molar-refractivity contribution in [3.63, 3.8) is 0 Å². The maximum Gasteiger partial charge on any atom is 0.137 e. The van der Waals surface area contributed by atoms with Crippen molar-refractivity contribution < 1.29 is 0 Å². The summed E-state index contributed by atoms with van der Waals surface area (Å²) in [5, 5.41) is 0. The SMILES string of the molecule is CCc1nc(N)c(C)c(N2CCC(C)(CC)CC2)n1. The van der Waals surface area contributed by atoms with Crippen molar-refractivity contribution in [2.24, 2.45) is 5.41 Å². The first kappa shape index (κ1) is 14.1. The van der Waals surface area contributed by atoms with Gasteiger partial charge in [-0.15, -0.1) is 0 Å². The summed E-state index contributed by atoms with van der Waals surface area (Å²) in [5.41, 5.74) is 7.53. The number of nitrogen functional groups attached to an aromatic ring is 1. The van der Waals surface area contributed by atoms with Crippen molar-refractivity contribution in [3.05, 3.63) is 11.4 Å². The van der Waals surface area contributed by atoms with E-state index in [1.165, 1.54) is 19.3 Å². The van der Waals surface area contributed by atoms with Crippen LogP contribution in [0.15, 0.2) is 0 Å². The van der Waals surface area contributed by atoms with Crippen LogP contribution in [-0.2, 0) is 6.42 Å². The first-order valence-electron chi connectivity index (χ1n) is 7.37. The van der Waals surface area contributed by atoms with Crippen LogP contribution >= 0.6 is 0 Å². The maximum atomic E-state index is 6.01. The molecule has 4 nitrogen and oxygen atoms in total. The standard InChI is InChI=1S/C15H26N4/c1-5-12-17-13(16)11(3)14(18-12)19-9-7-15(4,6-2)8-10-19/h5-10H2,1-4H3,(H2,16,17,18). The van der Waals surface area contributed by atoms with E-state index < -0.39 is 0 Å². The molecule has 1 aromatic heterocycles. The number of nitrogens with zero attached hydrogens (tertiary/aromatic N) is 3. The summed E-state index contributed by atoms with van der Waals surface area (Å²) in [6.45, 7) is 10.9. The normalized spacial score (nSPS) is 18.6. The second kappa shape index (κ2) is 5.35. The third-order valence-corrected chi connectivity index (χ3v) is 4.64. The summed E-state index contributed by atoms with van der Waals surface area (Å²) in [5.74, 6) is 2.52. The fraction of sp³-hybridized carbons (Fsp3) is 0.733. The molecule has 106 valence electrons. The Labute approximate surface area is 116 Å². The van der Waals surface area contributed by atoms with Gasteiger partial charge in [0.05, 0.1) is 0 Å². The van der Waals surface area contributed by atoms with E-state index in [4.69, 9.17) is 5.73 Å². The number of aryl methyl sites for hydroxylation is 1. The highest BCUT2D eigenvalue weighted by Crippen LogP contribution is 2.36. The lowest BCUT2D eigenvalue weighted by atomic mass is 9.78. The Hall–Kier alpha value is -1.32. The molecule has 19 heavy (non-hydrogen) atoms. The minimum Gasteiger partial charge on any atom is -0.383 e. The van der Waals surface area contributed by atoms with Crippen LogP contribution in [0.4, 0.5) is 11.6 Å². The molecule has 2 N–H and O–H groups in total. The monoisotopic (exact) mass is 262 g/mol. The third kappa shape index (κ3) is 2.82. The zero-order valence-electron chi connectivity index (χ0n) is 12.7. The Bertz CT molecular complexity index is 448. The van der Waals surface area contributed by atoms with Crippen LogP contribution in [-0.4, -0.2) is 23.1 Å². The van der Waals surface area contributed by atoms with Crippen LogP contribution in [0.3, 0.4) is 0 Å². The number of hydrogen-bond donors (Lipinski definition) is 1. The highest BCUT2D eigenvalue weighted by atomic mass is 15.2. The van der Waals surface area contributed by atoms with Crippen LogP contribution in [0.25, 0.3) is 0 Å². The van der Waals surface area contributed by atoms with Crippen molar-refractivity contribution in [2.75, 3.05) is 23.7 Å². The van der Waals surface area contributed by atoms with Crippen LogP contribution in [0.2, 0.25) is 0 Å². The average molecular weight is 262 g/mol. The molecule has 0 unspecified atom stereocenters. The lowest BCUT2D eigenvalue weighted by Gasteiger charge is -2.40. The fourth-order valence-electron chi connectivity index (χ4n) is 2.65. The Morgan fingerprint density at radius 1 is 1.21 bits per heavy atom. The van der Waals surface area contributed by atoms with Crippen LogP contribution in [0.5, 0.6) is 0 Å². The summed E-state index contributed by atoms with van der Waals surface area (Å²) >= 11 is 0. The predicted molar refractivity (Wildman–Crippen MR) is 80.4 cm³/mol. The molecule has 0 aliphatic carbocycles. The Kier molecular flexibility index (Phi) is 3.97. The average Bonchev–Trinajstić information content (AvgIpc) is 2.43. The lowest BCUT2D eigenvalue weighted by molar-refractivity contribution is 0.237. The number of nitrogens with two attached hydrogens (primary N) is 1. The Morgan fingerprint density at radius 2 is 1.84 bits per heavy atom. The smallest absolute Gasteiger partial charge is 0.137 e. The lowest BCUT2D eigenvalue weighted by Crippen LogP contribution is -2.39. The summed E-state index contributed by atoms with van der Waals surface area (Å²) in [6, 6.07) is 0. The van der Waals surface area contributed by atoms with E-state index in [0.717, 1.165) is 36.7 Å². The van der Waals surface area contributed by atoms with Gasteiger partial charge in [-0.25, -0.2) is 9.97 Å². The largest absolute Gasteiger partial charge is 0.383 e. The van der Waals surface area contributed by atoms with E-state index in [2.05, 4.69) is 35.6 Å². The third-order valence-electron chi connectivity index (χ3n) is 4.64. The van der Waals surface area contributed by atoms with Gasteiger partial charge in [0.25, 0.3) is 0 Å². The quantitative estimate of drug-likeness (QED) is 0.910. The van der Waals surface area contributed by atoms with Crippen molar-refractivity contribution >= 4 is 11.6 Å². The van der Waals surface area contributed by atoms with E-state index in [1.807, 2.05) is 6.92 Å². The molecule has 0 atom stereocenters. The van der Waals surface area contributed by atoms with E-state index in [1.54, 1.807) is 0 Å². The van der Waals surface area contributed by atoms with Crippen LogP contribution < -0.4 is 10.6 Å². The summed E-state index contributed by atoms with van der Waals surface area (Å²) in [4.78, 5) is 11.4.